The number of carbonyl (C=O) groups is 2. The summed E-state index contributed by atoms with van der Waals surface area (Å²) in [6.07, 6.45) is 1.46. The molecule has 0 saturated heterocycles. The smallest absolute Gasteiger partial charge is 0.244 e. The van der Waals surface area contributed by atoms with Gasteiger partial charge in [0, 0.05) is 17.1 Å². The van der Waals surface area contributed by atoms with Crippen molar-refractivity contribution in [3.8, 4) is 0 Å². The predicted octanol–water partition coefficient (Wildman–Crippen LogP) is 3.55. The van der Waals surface area contributed by atoms with Gasteiger partial charge in [-0.15, -0.1) is 0 Å². The lowest BCUT2D eigenvalue weighted by Gasteiger charge is -2.33. The van der Waals surface area contributed by atoms with Crippen LogP contribution in [-0.2, 0) is 26.2 Å². The van der Waals surface area contributed by atoms with Gasteiger partial charge in [0.1, 0.15) is 12.6 Å². The number of anilines is 1. The average Bonchev–Trinajstić information content (AvgIpc) is 2.72. The highest BCUT2D eigenvalue weighted by atomic mass is 79.9. The Labute approximate surface area is 199 Å². The number of rotatable bonds is 10. The number of amides is 2. The quantitative estimate of drug-likeness (QED) is 0.515. The summed E-state index contributed by atoms with van der Waals surface area (Å²) in [5.74, 6) is -0.714. The molecule has 0 aliphatic heterocycles. The second-order valence-corrected chi connectivity index (χ2v) is 10.7. The van der Waals surface area contributed by atoms with E-state index in [-0.39, 0.29) is 18.5 Å². The molecule has 2 aromatic carbocycles. The van der Waals surface area contributed by atoms with E-state index in [0.29, 0.717) is 12.1 Å². The van der Waals surface area contributed by atoms with Crippen molar-refractivity contribution in [2.75, 3.05) is 17.1 Å². The Morgan fingerprint density at radius 3 is 2.12 bits per heavy atom. The van der Waals surface area contributed by atoms with Crippen LogP contribution in [0.5, 0.6) is 0 Å². The normalized spacial score (nSPS) is 12.3. The second kappa shape index (κ2) is 11.5. The number of halogens is 1. The summed E-state index contributed by atoms with van der Waals surface area (Å²) in [5, 5.41) is 2.87. The molecule has 32 heavy (non-hydrogen) atoms. The third kappa shape index (κ3) is 7.34. The highest BCUT2D eigenvalue weighted by Crippen LogP contribution is 2.22. The van der Waals surface area contributed by atoms with Gasteiger partial charge < -0.3 is 10.2 Å². The molecular formula is C23H30BrN3O4S. The van der Waals surface area contributed by atoms with Crippen LogP contribution in [0.2, 0.25) is 0 Å². The van der Waals surface area contributed by atoms with Gasteiger partial charge in [-0.3, -0.25) is 13.9 Å². The van der Waals surface area contributed by atoms with E-state index in [2.05, 4.69) is 21.2 Å². The Morgan fingerprint density at radius 1 is 1.03 bits per heavy atom. The van der Waals surface area contributed by atoms with Gasteiger partial charge in [0.25, 0.3) is 0 Å². The number of nitrogens with zero attached hydrogens (tertiary/aromatic N) is 2. The maximum Gasteiger partial charge on any atom is 0.244 e. The van der Waals surface area contributed by atoms with Gasteiger partial charge in [-0.1, -0.05) is 53.2 Å². The summed E-state index contributed by atoms with van der Waals surface area (Å²) < 4.78 is 26.9. The van der Waals surface area contributed by atoms with Gasteiger partial charge in [0.2, 0.25) is 21.8 Å². The number of carbonyl (C=O) groups excluding carboxylic acids is 2. The highest BCUT2D eigenvalue weighted by molar-refractivity contribution is 9.10. The van der Waals surface area contributed by atoms with Crippen molar-refractivity contribution in [2.24, 2.45) is 0 Å². The molecule has 0 aliphatic rings. The molecule has 1 N–H and O–H groups in total. The molecule has 0 heterocycles. The molecule has 0 spiro atoms. The molecule has 9 heteroatoms. The van der Waals surface area contributed by atoms with Crippen molar-refractivity contribution in [2.45, 2.75) is 45.8 Å². The van der Waals surface area contributed by atoms with E-state index in [4.69, 9.17) is 0 Å². The average molecular weight is 524 g/mol. The molecule has 0 saturated carbocycles. The van der Waals surface area contributed by atoms with Crippen molar-refractivity contribution in [3.05, 3.63) is 64.6 Å². The van der Waals surface area contributed by atoms with E-state index < -0.39 is 28.5 Å². The molecule has 0 aromatic heterocycles. The van der Waals surface area contributed by atoms with E-state index in [1.165, 1.54) is 4.90 Å². The fraction of sp³-hybridized carbons (Fsp3) is 0.391. The number of nitrogens with one attached hydrogen (secondary N) is 1. The Bertz CT molecular complexity index is 1010. The molecule has 2 aromatic rings. The predicted molar refractivity (Wildman–Crippen MR) is 131 cm³/mol. The minimum absolute atomic E-state index is 0.0829. The fourth-order valence-corrected chi connectivity index (χ4v) is 4.42. The first-order valence-electron chi connectivity index (χ1n) is 10.4. The Morgan fingerprint density at radius 2 is 1.62 bits per heavy atom. The molecule has 2 rings (SSSR count). The van der Waals surface area contributed by atoms with Gasteiger partial charge in [-0.05, 0) is 50.1 Å². The lowest BCUT2D eigenvalue weighted by molar-refractivity contribution is -0.140. The van der Waals surface area contributed by atoms with Crippen LogP contribution >= 0.6 is 15.9 Å². The molecule has 2 amide bonds. The number of hydrogen-bond acceptors (Lipinski definition) is 4. The van der Waals surface area contributed by atoms with E-state index in [0.717, 1.165) is 20.6 Å². The molecule has 0 fully saturated rings. The third-order valence-electron chi connectivity index (χ3n) is 4.81. The topological polar surface area (TPSA) is 86.8 Å². The first-order chi connectivity index (χ1) is 15.0. The van der Waals surface area contributed by atoms with Crippen LogP contribution in [0, 0.1) is 0 Å². The van der Waals surface area contributed by atoms with E-state index in [1.807, 2.05) is 51.1 Å². The van der Waals surface area contributed by atoms with E-state index >= 15 is 0 Å². The Balaban J connectivity index is 2.40. The zero-order valence-corrected chi connectivity index (χ0v) is 21.2. The van der Waals surface area contributed by atoms with Crippen molar-refractivity contribution in [1.82, 2.24) is 10.2 Å². The molecule has 0 unspecified atom stereocenters. The van der Waals surface area contributed by atoms with Crippen LogP contribution in [-0.4, -0.2) is 50.0 Å². The van der Waals surface area contributed by atoms with Crippen LogP contribution in [0.15, 0.2) is 59.1 Å². The summed E-state index contributed by atoms with van der Waals surface area (Å²) in [6, 6.07) is 15.2. The van der Waals surface area contributed by atoms with Crippen LogP contribution < -0.4 is 9.62 Å². The van der Waals surface area contributed by atoms with Gasteiger partial charge in [0.05, 0.1) is 11.9 Å². The first kappa shape index (κ1) is 25.9. The molecule has 0 bridgehead atoms. The molecular weight excluding hydrogens is 494 g/mol. The van der Waals surface area contributed by atoms with Gasteiger partial charge in [0.15, 0.2) is 0 Å². The monoisotopic (exact) mass is 523 g/mol. The highest BCUT2D eigenvalue weighted by Gasteiger charge is 2.31. The lowest BCUT2D eigenvalue weighted by atomic mass is 10.1. The Kier molecular flexibility index (Phi) is 9.27. The maximum absolute atomic E-state index is 13.5. The van der Waals surface area contributed by atoms with Crippen LogP contribution in [0.4, 0.5) is 5.69 Å². The molecule has 0 radical (unpaired) electrons. The van der Waals surface area contributed by atoms with Crippen LogP contribution in [0.25, 0.3) is 0 Å². The number of benzene rings is 2. The largest absolute Gasteiger partial charge is 0.352 e. The minimum atomic E-state index is -3.73. The van der Waals surface area contributed by atoms with Gasteiger partial charge >= 0.3 is 0 Å². The van der Waals surface area contributed by atoms with Crippen LogP contribution in [0.3, 0.4) is 0 Å². The summed E-state index contributed by atoms with van der Waals surface area (Å²) >= 11 is 3.33. The maximum atomic E-state index is 13.5. The standard InChI is InChI=1S/C23H30BrN3O4S/c1-5-21(23(29)25-17(2)3)26(15-18-9-7-6-8-10-18)22(28)16-27(32(4,30)31)20-13-11-19(24)12-14-20/h6-14,17,21H,5,15-16H2,1-4H3,(H,25,29)/t21-/m0/s1. The van der Waals surface area contributed by atoms with Crippen molar-refractivity contribution < 1.29 is 18.0 Å². The molecule has 0 aliphatic carbocycles. The van der Waals surface area contributed by atoms with Gasteiger partial charge in [-0.25, -0.2) is 8.42 Å². The zero-order valence-electron chi connectivity index (χ0n) is 18.8. The molecule has 7 nitrogen and oxygen atoms in total. The Hall–Kier alpha value is -2.39. The van der Waals surface area contributed by atoms with Crippen molar-refractivity contribution in [3.63, 3.8) is 0 Å². The minimum Gasteiger partial charge on any atom is -0.352 e. The fourth-order valence-electron chi connectivity index (χ4n) is 3.30. The summed E-state index contributed by atoms with van der Waals surface area (Å²) in [6.45, 7) is 5.33. The SMILES string of the molecule is CC[C@@H](C(=O)NC(C)C)N(Cc1ccccc1)C(=O)CN(c1ccc(Br)cc1)S(C)(=O)=O. The second-order valence-electron chi connectivity index (χ2n) is 7.84. The number of hydrogen-bond donors (Lipinski definition) is 1. The lowest BCUT2D eigenvalue weighted by Crippen LogP contribution is -2.53. The number of sulfonamides is 1. The molecule has 174 valence electrons. The summed E-state index contributed by atoms with van der Waals surface area (Å²) in [4.78, 5) is 27.8. The van der Waals surface area contributed by atoms with Crippen LogP contribution in [0.1, 0.15) is 32.8 Å². The first-order valence-corrected chi connectivity index (χ1v) is 13.0. The van der Waals surface area contributed by atoms with Crippen molar-refractivity contribution in [1.29, 1.82) is 0 Å². The van der Waals surface area contributed by atoms with E-state index in [9.17, 15) is 18.0 Å². The summed E-state index contributed by atoms with van der Waals surface area (Å²) in [5.41, 5.74) is 1.23. The van der Waals surface area contributed by atoms with E-state index in [1.54, 1.807) is 24.3 Å². The summed E-state index contributed by atoms with van der Waals surface area (Å²) in [7, 11) is -3.73. The third-order valence-corrected chi connectivity index (χ3v) is 6.48. The zero-order chi connectivity index (χ0) is 23.9. The van der Waals surface area contributed by atoms with Gasteiger partial charge in [-0.2, -0.15) is 0 Å². The van der Waals surface area contributed by atoms with Crippen molar-refractivity contribution >= 4 is 43.5 Å². The molecule has 1 atom stereocenters.